The van der Waals surface area contributed by atoms with E-state index < -0.39 is 0 Å². The van der Waals surface area contributed by atoms with Gasteiger partial charge in [0, 0.05) is 6.42 Å². The zero-order valence-corrected chi connectivity index (χ0v) is 9.42. The Balaban J connectivity index is 2.72. The molecule has 1 atom stereocenters. The molecular weight excluding hydrogens is 174 g/mol. The predicted octanol–water partition coefficient (Wildman–Crippen LogP) is 3.28. The van der Waals surface area contributed by atoms with Crippen LogP contribution in [-0.2, 0) is 6.42 Å². The van der Waals surface area contributed by atoms with Crippen LogP contribution in [0.3, 0.4) is 0 Å². The summed E-state index contributed by atoms with van der Waals surface area (Å²) in [4.78, 5) is 0. The van der Waals surface area contributed by atoms with E-state index >= 15 is 0 Å². The van der Waals surface area contributed by atoms with Crippen LogP contribution >= 0.6 is 0 Å². The Labute approximate surface area is 86.5 Å². The summed E-state index contributed by atoms with van der Waals surface area (Å²) in [6.45, 7) is 6.45. The van der Waals surface area contributed by atoms with E-state index in [-0.39, 0.29) is 6.04 Å². The largest absolute Gasteiger partial charge is 0.464 e. The van der Waals surface area contributed by atoms with Crippen LogP contribution in [0.2, 0.25) is 0 Å². The number of hydrogen-bond donors (Lipinski definition) is 1. The third-order valence-corrected chi connectivity index (χ3v) is 2.92. The average molecular weight is 195 g/mol. The minimum Gasteiger partial charge on any atom is -0.464 e. The summed E-state index contributed by atoms with van der Waals surface area (Å²) in [5, 5.41) is 0. The lowest BCUT2D eigenvalue weighted by Gasteiger charge is -2.18. The molecule has 0 saturated carbocycles. The number of furan rings is 1. The minimum absolute atomic E-state index is 0.0605. The maximum Gasteiger partial charge on any atom is 0.121 e. The van der Waals surface area contributed by atoms with Gasteiger partial charge in [0.15, 0.2) is 0 Å². The predicted molar refractivity (Wildman–Crippen MR) is 59.1 cm³/mol. The van der Waals surface area contributed by atoms with Crippen LogP contribution in [0.4, 0.5) is 0 Å². The molecule has 0 amide bonds. The molecule has 80 valence electrons. The summed E-state index contributed by atoms with van der Waals surface area (Å²) in [6, 6.07) is 4.10. The first kappa shape index (κ1) is 11.3. The molecule has 0 spiro atoms. The van der Waals surface area contributed by atoms with Crippen molar-refractivity contribution in [2.75, 3.05) is 0 Å². The molecule has 0 aliphatic rings. The van der Waals surface area contributed by atoms with E-state index in [1.165, 1.54) is 0 Å². The number of aryl methyl sites for hydroxylation is 1. The Morgan fingerprint density at radius 1 is 1.21 bits per heavy atom. The van der Waals surface area contributed by atoms with Crippen LogP contribution in [0.1, 0.15) is 51.2 Å². The molecule has 1 unspecified atom stereocenters. The van der Waals surface area contributed by atoms with Crippen molar-refractivity contribution in [3.8, 4) is 0 Å². The summed E-state index contributed by atoms with van der Waals surface area (Å²) < 4.78 is 5.65. The molecule has 0 fully saturated rings. The van der Waals surface area contributed by atoms with Crippen molar-refractivity contribution in [1.82, 2.24) is 0 Å². The topological polar surface area (TPSA) is 39.2 Å². The molecule has 0 aromatic carbocycles. The highest BCUT2D eigenvalue weighted by Gasteiger charge is 2.18. The van der Waals surface area contributed by atoms with Crippen molar-refractivity contribution >= 4 is 0 Å². The Bertz CT molecular complexity index is 263. The van der Waals surface area contributed by atoms with Gasteiger partial charge in [0.1, 0.15) is 11.5 Å². The lowest BCUT2D eigenvalue weighted by Crippen LogP contribution is -2.19. The van der Waals surface area contributed by atoms with Gasteiger partial charge >= 0.3 is 0 Å². The molecule has 2 heteroatoms. The zero-order valence-electron chi connectivity index (χ0n) is 9.42. The van der Waals surface area contributed by atoms with Gasteiger partial charge in [-0.2, -0.15) is 0 Å². The summed E-state index contributed by atoms with van der Waals surface area (Å²) >= 11 is 0. The van der Waals surface area contributed by atoms with Crippen molar-refractivity contribution in [3.05, 3.63) is 23.7 Å². The second kappa shape index (κ2) is 5.20. The smallest absolute Gasteiger partial charge is 0.121 e. The third-order valence-electron chi connectivity index (χ3n) is 2.92. The van der Waals surface area contributed by atoms with E-state index in [0.717, 1.165) is 30.8 Å². The van der Waals surface area contributed by atoms with E-state index in [9.17, 15) is 0 Å². The second-order valence-electron chi connectivity index (χ2n) is 3.76. The number of nitrogens with two attached hydrogens (primary N) is 1. The minimum atomic E-state index is 0.0605. The number of rotatable bonds is 5. The van der Waals surface area contributed by atoms with Crippen molar-refractivity contribution in [2.45, 2.75) is 46.1 Å². The first-order valence-corrected chi connectivity index (χ1v) is 5.57. The van der Waals surface area contributed by atoms with Gasteiger partial charge in [0.25, 0.3) is 0 Å². The molecule has 0 bridgehead atoms. The van der Waals surface area contributed by atoms with Crippen LogP contribution in [0.25, 0.3) is 0 Å². The van der Waals surface area contributed by atoms with Crippen molar-refractivity contribution in [3.63, 3.8) is 0 Å². The molecular formula is C12H21NO. The molecule has 0 aliphatic carbocycles. The Morgan fingerprint density at radius 2 is 1.86 bits per heavy atom. The lowest BCUT2D eigenvalue weighted by atomic mass is 9.93. The van der Waals surface area contributed by atoms with Gasteiger partial charge in [-0.3, -0.25) is 0 Å². The third kappa shape index (κ3) is 2.38. The molecule has 2 N–H and O–H groups in total. The summed E-state index contributed by atoms with van der Waals surface area (Å²) in [5.41, 5.74) is 6.13. The highest BCUT2D eigenvalue weighted by atomic mass is 16.3. The monoisotopic (exact) mass is 195 g/mol. The maximum absolute atomic E-state index is 6.13. The van der Waals surface area contributed by atoms with Crippen molar-refractivity contribution in [1.29, 1.82) is 0 Å². The molecule has 0 radical (unpaired) electrons. The fourth-order valence-electron chi connectivity index (χ4n) is 1.79. The normalized spacial score (nSPS) is 13.5. The van der Waals surface area contributed by atoms with Gasteiger partial charge in [-0.1, -0.05) is 33.6 Å². The van der Waals surface area contributed by atoms with Crippen molar-refractivity contribution < 1.29 is 4.42 Å². The van der Waals surface area contributed by atoms with Crippen LogP contribution < -0.4 is 5.73 Å². The van der Waals surface area contributed by atoms with Gasteiger partial charge < -0.3 is 10.2 Å². The Hall–Kier alpha value is -0.760. The summed E-state index contributed by atoms with van der Waals surface area (Å²) in [6.07, 6.45) is 3.16. The molecule has 14 heavy (non-hydrogen) atoms. The van der Waals surface area contributed by atoms with E-state index in [2.05, 4.69) is 20.8 Å². The summed E-state index contributed by atoms with van der Waals surface area (Å²) in [5.74, 6) is 2.50. The van der Waals surface area contributed by atoms with Crippen LogP contribution in [0, 0.1) is 5.92 Å². The molecule has 1 aromatic heterocycles. The molecule has 1 heterocycles. The molecule has 2 nitrogen and oxygen atoms in total. The fraction of sp³-hybridized carbons (Fsp3) is 0.667. The van der Waals surface area contributed by atoms with Crippen molar-refractivity contribution in [2.24, 2.45) is 11.7 Å². The molecule has 1 aromatic rings. The van der Waals surface area contributed by atoms with E-state index in [1.54, 1.807) is 0 Å². The highest BCUT2D eigenvalue weighted by Crippen LogP contribution is 2.26. The van der Waals surface area contributed by atoms with Crippen LogP contribution in [0.15, 0.2) is 16.5 Å². The van der Waals surface area contributed by atoms with Crippen LogP contribution in [-0.4, -0.2) is 0 Å². The molecule has 0 aliphatic heterocycles. The standard InChI is InChI=1S/C12H21NO/c1-4-9(5-2)12(13)11-8-7-10(6-3)14-11/h7-9,12H,4-6,13H2,1-3H3. The molecule has 1 rings (SSSR count). The van der Waals surface area contributed by atoms with Gasteiger partial charge in [-0.15, -0.1) is 0 Å². The zero-order chi connectivity index (χ0) is 10.6. The quantitative estimate of drug-likeness (QED) is 0.783. The summed E-state index contributed by atoms with van der Waals surface area (Å²) in [7, 11) is 0. The Morgan fingerprint density at radius 3 is 2.29 bits per heavy atom. The maximum atomic E-state index is 6.13. The first-order valence-electron chi connectivity index (χ1n) is 5.57. The Kier molecular flexibility index (Phi) is 4.21. The van der Waals surface area contributed by atoms with E-state index in [0.29, 0.717) is 5.92 Å². The number of hydrogen-bond acceptors (Lipinski definition) is 2. The highest BCUT2D eigenvalue weighted by molar-refractivity contribution is 5.11. The lowest BCUT2D eigenvalue weighted by molar-refractivity contribution is 0.338. The van der Waals surface area contributed by atoms with Gasteiger partial charge in [0.2, 0.25) is 0 Å². The van der Waals surface area contributed by atoms with Crippen LogP contribution in [0.5, 0.6) is 0 Å². The molecule has 0 saturated heterocycles. The van der Waals surface area contributed by atoms with E-state index in [4.69, 9.17) is 10.2 Å². The van der Waals surface area contributed by atoms with Gasteiger partial charge in [0.05, 0.1) is 6.04 Å². The van der Waals surface area contributed by atoms with Gasteiger partial charge in [-0.25, -0.2) is 0 Å². The average Bonchev–Trinajstić information content (AvgIpc) is 2.67. The van der Waals surface area contributed by atoms with E-state index in [1.807, 2.05) is 12.1 Å². The fourth-order valence-corrected chi connectivity index (χ4v) is 1.79. The second-order valence-corrected chi connectivity index (χ2v) is 3.76. The first-order chi connectivity index (χ1) is 6.72. The van der Waals surface area contributed by atoms with Gasteiger partial charge in [-0.05, 0) is 18.1 Å². The SMILES string of the molecule is CCc1ccc(C(N)C(CC)CC)o1.